The fourth-order valence-corrected chi connectivity index (χ4v) is 3.37. The first-order valence-electron chi connectivity index (χ1n) is 8.65. The van der Waals surface area contributed by atoms with E-state index in [0.717, 1.165) is 11.8 Å². The van der Waals surface area contributed by atoms with Gasteiger partial charge in [-0.15, -0.1) is 0 Å². The van der Waals surface area contributed by atoms with Crippen LogP contribution in [0.4, 0.5) is 5.69 Å². The van der Waals surface area contributed by atoms with E-state index in [2.05, 4.69) is 10.3 Å². The highest BCUT2D eigenvalue weighted by Crippen LogP contribution is 2.45. The Labute approximate surface area is 151 Å². The molecule has 7 heteroatoms. The minimum Gasteiger partial charge on any atom is -0.466 e. The summed E-state index contributed by atoms with van der Waals surface area (Å²) in [5, 5.41) is 3.51. The van der Waals surface area contributed by atoms with E-state index in [-0.39, 0.29) is 18.3 Å². The van der Waals surface area contributed by atoms with Gasteiger partial charge in [-0.25, -0.2) is 4.79 Å². The van der Waals surface area contributed by atoms with Gasteiger partial charge in [0, 0.05) is 29.2 Å². The normalized spacial score (nSPS) is 15.2. The zero-order valence-corrected chi connectivity index (χ0v) is 14.9. The smallest absolute Gasteiger partial charge is 0.338 e. The summed E-state index contributed by atoms with van der Waals surface area (Å²) >= 11 is 0. The van der Waals surface area contributed by atoms with Gasteiger partial charge in [-0.2, -0.15) is 0 Å². The number of anilines is 1. The van der Waals surface area contributed by atoms with E-state index in [1.165, 1.54) is 7.11 Å². The number of carbonyl (C=O) groups excluding carboxylic acids is 3. The van der Waals surface area contributed by atoms with Crippen LogP contribution in [0.5, 0.6) is 0 Å². The second kappa shape index (κ2) is 7.19. The number of methoxy groups -OCH3 is 1. The molecule has 1 aliphatic rings. The zero-order valence-electron chi connectivity index (χ0n) is 14.9. The second-order valence-electron chi connectivity index (χ2n) is 6.53. The van der Waals surface area contributed by atoms with Gasteiger partial charge >= 0.3 is 11.9 Å². The molecule has 1 aromatic heterocycles. The molecule has 0 aliphatic heterocycles. The van der Waals surface area contributed by atoms with Crippen LogP contribution in [0.15, 0.2) is 24.4 Å². The molecule has 0 spiro atoms. The lowest BCUT2D eigenvalue weighted by Gasteiger charge is -2.38. The van der Waals surface area contributed by atoms with Crippen molar-refractivity contribution in [2.75, 3.05) is 19.0 Å². The van der Waals surface area contributed by atoms with Crippen LogP contribution in [-0.4, -0.2) is 36.5 Å². The quantitative estimate of drug-likeness (QED) is 0.774. The Hall–Kier alpha value is -2.83. The molecule has 0 bridgehead atoms. The van der Waals surface area contributed by atoms with Crippen LogP contribution >= 0.6 is 0 Å². The number of amides is 1. The SMILES string of the molecule is CCOC(=O)C1(CC(=O)Nc2cc(C(=O)OC)c3cc[nH]c3c2)CCC1. The summed E-state index contributed by atoms with van der Waals surface area (Å²) < 4.78 is 9.94. The first kappa shape index (κ1) is 18.0. The van der Waals surface area contributed by atoms with Crippen LogP contribution < -0.4 is 5.32 Å². The van der Waals surface area contributed by atoms with E-state index < -0.39 is 11.4 Å². The van der Waals surface area contributed by atoms with Crippen molar-refractivity contribution in [3.63, 3.8) is 0 Å². The molecule has 3 rings (SSSR count). The third-order valence-corrected chi connectivity index (χ3v) is 4.88. The lowest BCUT2D eigenvalue weighted by molar-refractivity contribution is -0.163. The second-order valence-corrected chi connectivity index (χ2v) is 6.53. The molecule has 2 aromatic rings. The third kappa shape index (κ3) is 3.29. The Bertz CT molecular complexity index is 851. The van der Waals surface area contributed by atoms with Crippen molar-refractivity contribution in [1.29, 1.82) is 0 Å². The maximum Gasteiger partial charge on any atom is 0.338 e. The van der Waals surface area contributed by atoms with Crippen LogP contribution in [0.1, 0.15) is 43.0 Å². The summed E-state index contributed by atoms with van der Waals surface area (Å²) in [5.41, 5.74) is 0.836. The number of nitrogens with one attached hydrogen (secondary N) is 2. The molecule has 1 fully saturated rings. The summed E-state index contributed by atoms with van der Waals surface area (Å²) in [7, 11) is 1.31. The Kier molecular flexibility index (Phi) is 4.97. The van der Waals surface area contributed by atoms with Gasteiger partial charge in [-0.05, 0) is 38.0 Å². The Morgan fingerprint density at radius 3 is 2.65 bits per heavy atom. The van der Waals surface area contributed by atoms with E-state index in [1.54, 1.807) is 31.3 Å². The Balaban J connectivity index is 1.79. The highest BCUT2D eigenvalue weighted by Gasteiger charge is 2.47. The van der Waals surface area contributed by atoms with E-state index >= 15 is 0 Å². The fourth-order valence-electron chi connectivity index (χ4n) is 3.37. The fraction of sp³-hybridized carbons (Fsp3) is 0.421. The number of aromatic nitrogens is 1. The standard InChI is InChI=1S/C19H22N2O5/c1-3-26-18(24)19(6-4-7-19)11-16(22)21-12-9-14(17(23)25-2)13-5-8-20-15(13)10-12/h5,8-10,20H,3-4,6-7,11H2,1-2H3,(H,21,22). The number of rotatable bonds is 6. The third-order valence-electron chi connectivity index (χ3n) is 4.88. The van der Waals surface area contributed by atoms with Crippen molar-refractivity contribution in [3.8, 4) is 0 Å². The van der Waals surface area contributed by atoms with Crippen molar-refractivity contribution >= 4 is 34.4 Å². The predicted molar refractivity (Wildman–Crippen MR) is 95.8 cm³/mol. The highest BCUT2D eigenvalue weighted by atomic mass is 16.5. The van der Waals surface area contributed by atoms with E-state index in [9.17, 15) is 14.4 Å². The largest absolute Gasteiger partial charge is 0.466 e. The zero-order chi connectivity index (χ0) is 18.7. The number of hydrogen-bond acceptors (Lipinski definition) is 5. The highest BCUT2D eigenvalue weighted by molar-refractivity contribution is 6.06. The Morgan fingerprint density at radius 2 is 2.04 bits per heavy atom. The van der Waals surface area contributed by atoms with Crippen molar-refractivity contribution in [2.24, 2.45) is 5.41 Å². The Morgan fingerprint density at radius 1 is 1.27 bits per heavy atom. The molecule has 26 heavy (non-hydrogen) atoms. The molecule has 1 amide bonds. The molecule has 1 aliphatic carbocycles. The lowest BCUT2D eigenvalue weighted by atomic mass is 9.66. The molecule has 1 heterocycles. The van der Waals surface area contributed by atoms with Gasteiger partial charge in [-0.3, -0.25) is 9.59 Å². The summed E-state index contributed by atoms with van der Waals surface area (Å²) in [4.78, 5) is 39.7. The number of fused-ring (bicyclic) bond motifs is 1. The van der Waals surface area contributed by atoms with Gasteiger partial charge in [0.1, 0.15) is 0 Å². The van der Waals surface area contributed by atoms with Gasteiger partial charge < -0.3 is 19.8 Å². The number of hydrogen-bond donors (Lipinski definition) is 2. The molecule has 0 saturated heterocycles. The van der Waals surface area contributed by atoms with Gasteiger partial charge in [0.2, 0.25) is 5.91 Å². The average Bonchev–Trinajstić information content (AvgIpc) is 3.05. The molecule has 2 N–H and O–H groups in total. The molecule has 138 valence electrons. The number of ether oxygens (including phenoxy) is 2. The number of H-pyrrole nitrogens is 1. The number of carbonyl (C=O) groups is 3. The maximum absolute atomic E-state index is 12.5. The minimum atomic E-state index is -0.720. The molecule has 1 saturated carbocycles. The van der Waals surface area contributed by atoms with Gasteiger partial charge in [0.15, 0.2) is 0 Å². The van der Waals surface area contributed by atoms with Crippen LogP contribution in [0.3, 0.4) is 0 Å². The van der Waals surface area contributed by atoms with E-state index in [0.29, 0.717) is 36.2 Å². The van der Waals surface area contributed by atoms with Crippen LogP contribution in [-0.2, 0) is 19.1 Å². The molecule has 0 atom stereocenters. The first-order chi connectivity index (χ1) is 12.5. The van der Waals surface area contributed by atoms with Crippen LogP contribution in [0.2, 0.25) is 0 Å². The minimum absolute atomic E-state index is 0.0716. The average molecular weight is 358 g/mol. The summed E-state index contributed by atoms with van der Waals surface area (Å²) in [6.45, 7) is 2.05. The molecular formula is C19H22N2O5. The molecule has 7 nitrogen and oxygen atoms in total. The van der Waals surface area contributed by atoms with Crippen molar-refractivity contribution in [2.45, 2.75) is 32.6 Å². The van der Waals surface area contributed by atoms with Crippen LogP contribution in [0, 0.1) is 5.41 Å². The first-order valence-corrected chi connectivity index (χ1v) is 8.65. The van der Waals surface area contributed by atoms with E-state index in [1.807, 2.05) is 0 Å². The van der Waals surface area contributed by atoms with Crippen LogP contribution in [0.25, 0.3) is 10.9 Å². The predicted octanol–water partition coefficient (Wildman–Crippen LogP) is 3.02. The molecule has 0 unspecified atom stereocenters. The topological polar surface area (TPSA) is 97.5 Å². The molecule has 0 radical (unpaired) electrons. The van der Waals surface area contributed by atoms with Gasteiger partial charge in [0.05, 0.1) is 24.7 Å². The lowest BCUT2D eigenvalue weighted by Crippen LogP contribution is -2.42. The maximum atomic E-state index is 12.5. The van der Waals surface area contributed by atoms with Gasteiger partial charge in [-0.1, -0.05) is 6.42 Å². The van der Waals surface area contributed by atoms with E-state index in [4.69, 9.17) is 9.47 Å². The number of aromatic amines is 1. The summed E-state index contributed by atoms with van der Waals surface area (Å²) in [6.07, 6.45) is 4.01. The van der Waals surface area contributed by atoms with Crippen molar-refractivity contribution in [1.82, 2.24) is 4.98 Å². The molecule has 1 aromatic carbocycles. The van der Waals surface area contributed by atoms with Gasteiger partial charge in [0.25, 0.3) is 0 Å². The molecular weight excluding hydrogens is 336 g/mol. The number of benzene rings is 1. The summed E-state index contributed by atoms with van der Waals surface area (Å²) in [6, 6.07) is 5.10. The monoisotopic (exact) mass is 358 g/mol. The van der Waals surface area contributed by atoms with Crippen molar-refractivity contribution in [3.05, 3.63) is 30.0 Å². The van der Waals surface area contributed by atoms with Crippen molar-refractivity contribution < 1.29 is 23.9 Å². The summed E-state index contributed by atoms with van der Waals surface area (Å²) in [5.74, 6) is -1.07. The number of esters is 2.